The largest absolute Gasteiger partial charge is 0.332 e. The molecule has 1 N–H and O–H groups in total. The third-order valence-corrected chi connectivity index (χ3v) is 4.59. The second kappa shape index (κ2) is 7.81. The first-order chi connectivity index (χ1) is 12.4. The van der Waals surface area contributed by atoms with E-state index in [4.69, 9.17) is 4.98 Å². The van der Waals surface area contributed by atoms with E-state index in [9.17, 15) is 4.79 Å². The summed E-state index contributed by atoms with van der Waals surface area (Å²) in [7, 11) is 0. The first-order valence-corrected chi connectivity index (χ1v) is 9.31. The van der Waals surface area contributed by atoms with Gasteiger partial charge in [-0.15, -0.1) is 0 Å². The number of hydrogen-bond donors (Lipinski definition) is 1. The summed E-state index contributed by atoms with van der Waals surface area (Å²) < 4.78 is 0. The summed E-state index contributed by atoms with van der Waals surface area (Å²) in [5, 5.41) is 3.27. The van der Waals surface area contributed by atoms with E-state index in [1.54, 1.807) is 0 Å². The quantitative estimate of drug-likeness (QED) is 0.901. The summed E-state index contributed by atoms with van der Waals surface area (Å²) in [4.78, 5) is 28.4. The number of nitrogens with one attached hydrogen (secondary N) is 1. The monoisotopic (exact) mass is 353 g/mol. The maximum absolute atomic E-state index is 12.6. The Morgan fingerprint density at radius 3 is 2.65 bits per heavy atom. The molecule has 0 aromatic carbocycles. The lowest BCUT2D eigenvalue weighted by Crippen LogP contribution is -2.41. The highest BCUT2D eigenvalue weighted by Gasteiger charge is 2.31. The molecule has 1 unspecified atom stereocenters. The molecule has 0 saturated carbocycles. The van der Waals surface area contributed by atoms with Gasteiger partial charge in [0.2, 0.25) is 5.91 Å². The number of amides is 1. The van der Waals surface area contributed by atoms with Crippen LogP contribution in [0.2, 0.25) is 0 Å². The van der Waals surface area contributed by atoms with E-state index in [1.807, 2.05) is 56.9 Å². The second-order valence-electron chi connectivity index (χ2n) is 7.24. The van der Waals surface area contributed by atoms with Crippen LogP contribution in [0.3, 0.4) is 0 Å². The number of carbonyl (C=O) groups is 1. The number of rotatable bonds is 4. The van der Waals surface area contributed by atoms with Gasteiger partial charge in [-0.3, -0.25) is 4.79 Å². The third-order valence-electron chi connectivity index (χ3n) is 4.59. The van der Waals surface area contributed by atoms with Crippen LogP contribution in [-0.2, 0) is 4.79 Å². The first kappa shape index (κ1) is 18.3. The van der Waals surface area contributed by atoms with Crippen molar-refractivity contribution in [3.63, 3.8) is 0 Å². The summed E-state index contributed by atoms with van der Waals surface area (Å²) in [5.74, 6) is 2.35. The zero-order valence-corrected chi connectivity index (χ0v) is 16.0. The molecule has 0 radical (unpaired) electrons. The zero-order chi connectivity index (χ0) is 18.7. The Labute approximate surface area is 155 Å². The normalized spacial score (nSPS) is 17.4. The molecule has 138 valence electrons. The van der Waals surface area contributed by atoms with Crippen LogP contribution in [0.25, 0.3) is 0 Å². The molecule has 1 amide bonds. The molecule has 1 fully saturated rings. The summed E-state index contributed by atoms with van der Waals surface area (Å²) in [6.45, 7) is 8.58. The molecule has 0 bridgehead atoms. The van der Waals surface area contributed by atoms with Gasteiger partial charge in [-0.25, -0.2) is 15.0 Å². The number of piperidine rings is 1. The van der Waals surface area contributed by atoms with E-state index in [0.717, 1.165) is 43.0 Å². The standard InChI is InChI=1S/C20H27N5O/c1-13(2)20(26)25-11-6-5-9-16(25)19-22-15(4)12-18(24-19)23-17-10-7-8-14(3)21-17/h7-8,10,12-13,16H,5-6,9,11H2,1-4H3,(H,21,22,23,24). The number of aromatic nitrogens is 3. The van der Waals surface area contributed by atoms with Gasteiger partial charge >= 0.3 is 0 Å². The van der Waals surface area contributed by atoms with Crippen LogP contribution in [0.5, 0.6) is 0 Å². The van der Waals surface area contributed by atoms with Crippen molar-refractivity contribution in [1.82, 2.24) is 19.9 Å². The molecule has 1 aliphatic heterocycles. The first-order valence-electron chi connectivity index (χ1n) is 9.31. The molecule has 1 saturated heterocycles. The van der Waals surface area contributed by atoms with Crippen LogP contribution in [0.15, 0.2) is 24.3 Å². The summed E-state index contributed by atoms with van der Waals surface area (Å²) in [5.41, 5.74) is 1.83. The molecule has 0 spiro atoms. The lowest BCUT2D eigenvalue weighted by molar-refractivity contribution is -0.138. The van der Waals surface area contributed by atoms with Crippen molar-refractivity contribution >= 4 is 17.5 Å². The third kappa shape index (κ3) is 4.18. The number of aryl methyl sites for hydroxylation is 2. The van der Waals surface area contributed by atoms with E-state index in [1.165, 1.54) is 0 Å². The predicted molar refractivity (Wildman–Crippen MR) is 102 cm³/mol. The van der Waals surface area contributed by atoms with Crippen LogP contribution in [0.1, 0.15) is 56.4 Å². The summed E-state index contributed by atoms with van der Waals surface area (Å²) in [6.07, 6.45) is 3.04. The van der Waals surface area contributed by atoms with E-state index in [2.05, 4.69) is 15.3 Å². The van der Waals surface area contributed by atoms with Gasteiger partial charge in [0, 0.05) is 29.9 Å². The fraction of sp³-hybridized carbons (Fsp3) is 0.500. The highest BCUT2D eigenvalue weighted by Crippen LogP contribution is 2.31. The van der Waals surface area contributed by atoms with Gasteiger partial charge in [0.05, 0.1) is 6.04 Å². The van der Waals surface area contributed by atoms with Crippen molar-refractivity contribution in [2.45, 2.75) is 53.0 Å². The predicted octanol–water partition coefficient (Wildman–Crippen LogP) is 3.94. The molecule has 1 aliphatic rings. The number of carbonyl (C=O) groups excluding carboxylic acids is 1. The molecule has 2 aromatic rings. The minimum atomic E-state index is -0.0513. The molecule has 0 aliphatic carbocycles. The van der Waals surface area contributed by atoms with E-state index in [0.29, 0.717) is 11.6 Å². The second-order valence-corrected chi connectivity index (χ2v) is 7.24. The fourth-order valence-electron chi connectivity index (χ4n) is 3.34. The number of hydrogen-bond acceptors (Lipinski definition) is 5. The van der Waals surface area contributed by atoms with Gasteiger partial charge in [-0.2, -0.15) is 0 Å². The molecule has 1 atom stereocenters. The van der Waals surface area contributed by atoms with Crippen molar-refractivity contribution < 1.29 is 4.79 Å². The highest BCUT2D eigenvalue weighted by atomic mass is 16.2. The topological polar surface area (TPSA) is 71.0 Å². The van der Waals surface area contributed by atoms with Gasteiger partial charge in [0.1, 0.15) is 11.6 Å². The van der Waals surface area contributed by atoms with E-state index >= 15 is 0 Å². The maximum atomic E-state index is 12.6. The van der Waals surface area contributed by atoms with Crippen molar-refractivity contribution in [2.75, 3.05) is 11.9 Å². The number of pyridine rings is 1. The SMILES string of the molecule is Cc1cccc(Nc2cc(C)nc(C3CCCCN3C(=O)C(C)C)n2)n1. The molecule has 26 heavy (non-hydrogen) atoms. The Morgan fingerprint density at radius 2 is 1.92 bits per heavy atom. The van der Waals surface area contributed by atoms with Crippen LogP contribution >= 0.6 is 0 Å². The number of nitrogens with zero attached hydrogens (tertiary/aromatic N) is 4. The van der Waals surface area contributed by atoms with Crippen molar-refractivity contribution in [3.05, 3.63) is 41.5 Å². The van der Waals surface area contributed by atoms with Crippen LogP contribution < -0.4 is 5.32 Å². The van der Waals surface area contributed by atoms with Crippen LogP contribution in [-0.4, -0.2) is 32.3 Å². The molecule has 3 heterocycles. The maximum Gasteiger partial charge on any atom is 0.225 e. The van der Waals surface area contributed by atoms with Gasteiger partial charge in [0.25, 0.3) is 0 Å². The minimum Gasteiger partial charge on any atom is -0.332 e. The molecular weight excluding hydrogens is 326 g/mol. The Kier molecular flexibility index (Phi) is 5.49. The van der Waals surface area contributed by atoms with Crippen molar-refractivity contribution in [2.24, 2.45) is 5.92 Å². The van der Waals surface area contributed by atoms with E-state index < -0.39 is 0 Å². The van der Waals surface area contributed by atoms with Gasteiger partial charge in [0.15, 0.2) is 5.82 Å². The fourth-order valence-corrected chi connectivity index (χ4v) is 3.34. The average Bonchev–Trinajstić information content (AvgIpc) is 2.60. The smallest absolute Gasteiger partial charge is 0.225 e. The average molecular weight is 353 g/mol. The Morgan fingerprint density at radius 1 is 1.12 bits per heavy atom. The summed E-state index contributed by atoms with van der Waals surface area (Å²) in [6, 6.07) is 7.69. The zero-order valence-electron chi connectivity index (χ0n) is 16.0. The number of anilines is 2. The highest BCUT2D eigenvalue weighted by molar-refractivity contribution is 5.78. The molecule has 2 aromatic heterocycles. The molecule has 6 nitrogen and oxygen atoms in total. The van der Waals surface area contributed by atoms with Crippen molar-refractivity contribution in [3.8, 4) is 0 Å². The Hall–Kier alpha value is -2.50. The number of likely N-dealkylation sites (tertiary alicyclic amines) is 1. The summed E-state index contributed by atoms with van der Waals surface area (Å²) >= 11 is 0. The molecule has 3 rings (SSSR count). The van der Waals surface area contributed by atoms with Crippen LogP contribution in [0, 0.1) is 19.8 Å². The van der Waals surface area contributed by atoms with Gasteiger partial charge in [-0.1, -0.05) is 19.9 Å². The van der Waals surface area contributed by atoms with E-state index in [-0.39, 0.29) is 17.9 Å². The molecule has 6 heteroatoms. The lowest BCUT2D eigenvalue weighted by atomic mass is 9.99. The molecular formula is C20H27N5O. The van der Waals surface area contributed by atoms with Crippen LogP contribution in [0.4, 0.5) is 11.6 Å². The lowest BCUT2D eigenvalue weighted by Gasteiger charge is -2.36. The van der Waals surface area contributed by atoms with Gasteiger partial charge in [-0.05, 0) is 45.2 Å². The van der Waals surface area contributed by atoms with Gasteiger partial charge < -0.3 is 10.2 Å². The minimum absolute atomic E-state index is 0.0190. The Balaban J connectivity index is 1.89. The van der Waals surface area contributed by atoms with Crippen molar-refractivity contribution in [1.29, 1.82) is 0 Å². The Bertz CT molecular complexity index is 790.